The SMILES string of the molecule is O=Cc1ccc(OCC2CCCCC2)nc1. The van der Waals surface area contributed by atoms with Crippen molar-refractivity contribution >= 4 is 6.29 Å². The molecule has 0 saturated heterocycles. The summed E-state index contributed by atoms with van der Waals surface area (Å²) in [6.07, 6.45) is 8.89. The first-order valence-electron chi connectivity index (χ1n) is 5.92. The molecule has 0 atom stereocenters. The molecule has 1 aromatic rings. The average Bonchev–Trinajstić information content (AvgIpc) is 2.38. The van der Waals surface area contributed by atoms with Crippen LogP contribution in [0.25, 0.3) is 0 Å². The first-order valence-corrected chi connectivity index (χ1v) is 5.92. The van der Waals surface area contributed by atoms with Crippen LogP contribution in [0, 0.1) is 5.92 Å². The smallest absolute Gasteiger partial charge is 0.213 e. The minimum atomic E-state index is 0.588. The van der Waals surface area contributed by atoms with E-state index in [1.807, 2.05) is 0 Å². The quantitative estimate of drug-likeness (QED) is 0.731. The molecule has 0 bridgehead atoms. The Morgan fingerprint density at radius 1 is 1.31 bits per heavy atom. The lowest BCUT2D eigenvalue weighted by Gasteiger charge is -2.21. The zero-order valence-electron chi connectivity index (χ0n) is 9.39. The summed E-state index contributed by atoms with van der Waals surface area (Å²) >= 11 is 0. The van der Waals surface area contributed by atoms with Crippen molar-refractivity contribution < 1.29 is 9.53 Å². The van der Waals surface area contributed by atoms with Crippen molar-refractivity contribution in [2.45, 2.75) is 32.1 Å². The van der Waals surface area contributed by atoms with Gasteiger partial charge in [-0.2, -0.15) is 0 Å². The molecular formula is C13H17NO2. The number of ether oxygens (including phenoxy) is 1. The van der Waals surface area contributed by atoms with E-state index in [9.17, 15) is 4.79 Å². The second-order valence-corrected chi connectivity index (χ2v) is 4.36. The molecule has 1 aliphatic carbocycles. The monoisotopic (exact) mass is 219 g/mol. The van der Waals surface area contributed by atoms with Crippen LogP contribution < -0.4 is 4.74 Å². The predicted molar refractivity (Wildman–Crippen MR) is 61.7 cm³/mol. The molecule has 0 unspecified atom stereocenters. The molecule has 2 rings (SSSR count). The van der Waals surface area contributed by atoms with Crippen molar-refractivity contribution in [1.82, 2.24) is 4.98 Å². The summed E-state index contributed by atoms with van der Waals surface area (Å²) in [7, 11) is 0. The van der Waals surface area contributed by atoms with Crippen LogP contribution in [0.1, 0.15) is 42.5 Å². The Kier molecular flexibility index (Phi) is 3.91. The Hall–Kier alpha value is -1.38. The lowest BCUT2D eigenvalue weighted by atomic mass is 9.90. The lowest BCUT2D eigenvalue weighted by molar-refractivity contribution is 0.112. The Balaban J connectivity index is 1.81. The van der Waals surface area contributed by atoms with E-state index < -0.39 is 0 Å². The highest BCUT2D eigenvalue weighted by Crippen LogP contribution is 2.24. The topological polar surface area (TPSA) is 39.2 Å². The van der Waals surface area contributed by atoms with Crippen molar-refractivity contribution in [3.8, 4) is 5.88 Å². The van der Waals surface area contributed by atoms with Gasteiger partial charge in [-0.3, -0.25) is 4.79 Å². The normalized spacial score (nSPS) is 17.0. The van der Waals surface area contributed by atoms with E-state index in [0.717, 1.165) is 12.9 Å². The van der Waals surface area contributed by atoms with Crippen LogP contribution in [0.3, 0.4) is 0 Å². The Morgan fingerprint density at radius 3 is 2.75 bits per heavy atom. The molecule has 16 heavy (non-hydrogen) atoms. The molecular weight excluding hydrogens is 202 g/mol. The fraction of sp³-hybridized carbons (Fsp3) is 0.538. The van der Waals surface area contributed by atoms with Crippen molar-refractivity contribution in [3.05, 3.63) is 23.9 Å². The molecule has 3 nitrogen and oxygen atoms in total. The van der Waals surface area contributed by atoms with Crippen LogP contribution in [-0.2, 0) is 0 Å². The van der Waals surface area contributed by atoms with E-state index in [1.165, 1.54) is 32.1 Å². The van der Waals surface area contributed by atoms with E-state index in [2.05, 4.69) is 4.98 Å². The Bertz CT molecular complexity index is 328. The van der Waals surface area contributed by atoms with Gasteiger partial charge in [0.25, 0.3) is 0 Å². The van der Waals surface area contributed by atoms with Crippen molar-refractivity contribution in [2.24, 2.45) is 5.92 Å². The number of aromatic nitrogens is 1. The van der Waals surface area contributed by atoms with Gasteiger partial charge in [0.05, 0.1) is 6.61 Å². The predicted octanol–water partition coefficient (Wildman–Crippen LogP) is 2.85. The van der Waals surface area contributed by atoms with Crippen LogP contribution in [-0.4, -0.2) is 17.9 Å². The standard InChI is InChI=1S/C13H17NO2/c15-9-12-6-7-13(14-8-12)16-10-11-4-2-1-3-5-11/h6-9,11H,1-5,10H2. The van der Waals surface area contributed by atoms with Gasteiger partial charge in [-0.05, 0) is 24.8 Å². The summed E-state index contributed by atoms with van der Waals surface area (Å²) in [4.78, 5) is 14.5. The maximum absolute atomic E-state index is 10.4. The molecule has 1 fully saturated rings. The first-order chi connectivity index (χ1) is 7.88. The van der Waals surface area contributed by atoms with E-state index in [1.54, 1.807) is 18.3 Å². The molecule has 0 N–H and O–H groups in total. The molecule has 0 amide bonds. The van der Waals surface area contributed by atoms with Crippen molar-refractivity contribution in [3.63, 3.8) is 0 Å². The van der Waals surface area contributed by atoms with Gasteiger partial charge in [0, 0.05) is 17.8 Å². The van der Waals surface area contributed by atoms with Gasteiger partial charge in [0.2, 0.25) is 5.88 Å². The van der Waals surface area contributed by atoms with E-state index in [4.69, 9.17) is 4.74 Å². The number of aldehydes is 1. The van der Waals surface area contributed by atoms with Crippen LogP contribution in [0.4, 0.5) is 0 Å². The summed E-state index contributed by atoms with van der Waals surface area (Å²) in [5.74, 6) is 1.30. The minimum absolute atomic E-state index is 0.588. The highest BCUT2D eigenvalue weighted by Gasteiger charge is 2.13. The maximum atomic E-state index is 10.4. The third kappa shape index (κ3) is 3.05. The second-order valence-electron chi connectivity index (χ2n) is 4.36. The molecule has 0 aliphatic heterocycles. The third-order valence-electron chi connectivity index (χ3n) is 3.09. The number of carbonyl (C=O) groups is 1. The minimum Gasteiger partial charge on any atom is -0.477 e. The highest BCUT2D eigenvalue weighted by atomic mass is 16.5. The summed E-state index contributed by atoms with van der Waals surface area (Å²) in [6.45, 7) is 0.757. The highest BCUT2D eigenvalue weighted by molar-refractivity contribution is 5.73. The van der Waals surface area contributed by atoms with E-state index in [0.29, 0.717) is 17.4 Å². The fourth-order valence-electron chi connectivity index (χ4n) is 2.10. The van der Waals surface area contributed by atoms with Gasteiger partial charge in [0.1, 0.15) is 0 Å². The number of hydrogen-bond donors (Lipinski definition) is 0. The summed E-state index contributed by atoms with van der Waals surface area (Å²) in [5, 5.41) is 0. The van der Waals surface area contributed by atoms with Crippen LogP contribution in [0.2, 0.25) is 0 Å². The zero-order chi connectivity index (χ0) is 11.2. The molecule has 1 saturated carbocycles. The molecule has 86 valence electrons. The molecule has 1 aliphatic rings. The zero-order valence-corrected chi connectivity index (χ0v) is 9.39. The largest absolute Gasteiger partial charge is 0.477 e. The third-order valence-corrected chi connectivity index (χ3v) is 3.09. The summed E-state index contributed by atoms with van der Waals surface area (Å²) in [5.41, 5.74) is 0.588. The Morgan fingerprint density at radius 2 is 2.12 bits per heavy atom. The van der Waals surface area contributed by atoms with Crippen LogP contribution >= 0.6 is 0 Å². The van der Waals surface area contributed by atoms with Gasteiger partial charge >= 0.3 is 0 Å². The summed E-state index contributed by atoms with van der Waals surface area (Å²) in [6, 6.07) is 3.49. The maximum Gasteiger partial charge on any atom is 0.213 e. The molecule has 0 spiro atoms. The van der Waals surface area contributed by atoms with E-state index in [-0.39, 0.29) is 0 Å². The van der Waals surface area contributed by atoms with Gasteiger partial charge in [0.15, 0.2) is 6.29 Å². The first kappa shape index (κ1) is 11.1. The number of rotatable bonds is 4. The van der Waals surface area contributed by atoms with Crippen molar-refractivity contribution in [1.29, 1.82) is 0 Å². The van der Waals surface area contributed by atoms with Gasteiger partial charge in [-0.25, -0.2) is 4.98 Å². The van der Waals surface area contributed by atoms with Gasteiger partial charge in [-0.15, -0.1) is 0 Å². The number of hydrogen-bond acceptors (Lipinski definition) is 3. The molecule has 3 heteroatoms. The van der Waals surface area contributed by atoms with Crippen LogP contribution in [0.15, 0.2) is 18.3 Å². The number of pyridine rings is 1. The lowest BCUT2D eigenvalue weighted by Crippen LogP contribution is -2.15. The average molecular weight is 219 g/mol. The molecule has 1 heterocycles. The number of carbonyl (C=O) groups excluding carboxylic acids is 1. The molecule has 0 aromatic carbocycles. The van der Waals surface area contributed by atoms with Gasteiger partial charge < -0.3 is 4.74 Å². The summed E-state index contributed by atoms with van der Waals surface area (Å²) < 4.78 is 5.62. The van der Waals surface area contributed by atoms with Gasteiger partial charge in [-0.1, -0.05) is 19.3 Å². The molecule has 1 aromatic heterocycles. The van der Waals surface area contributed by atoms with Crippen LogP contribution in [0.5, 0.6) is 5.88 Å². The van der Waals surface area contributed by atoms with Crippen molar-refractivity contribution in [2.75, 3.05) is 6.61 Å². The Labute approximate surface area is 95.8 Å². The second kappa shape index (κ2) is 5.64. The van der Waals surface area contributed by atoms with E-state index >= 15 is 0 Å². The fourth-order valence-corrected chi connectivity index (χ4v) is 2.10. The molecule has 0 radical (unpaired) electrons. The number of nitrogens with zero attached hydrogens (tertiary/aromatic N) is 1.